The van der Waals surface area contributed by atoms with Crippen LogP contribution in [0.2, 0.25) is 0 Å². The first-order chi connectivity index (χ1) is 33.3. The van der Waals surface area contributed by atoms with Crippen molar-refractivity contribution in [3.63, 3.8) is 0 Å². The van der Waals surface area contributed by atoms with Crippen LogP contribution in [0.5, 0.6) is 11.5 Å². The van der Waals surface area contributed by atoms with Gasteiger partial charge in [-0.25, -0.2) is 9.97 Å². The summed E-state index contributed by atoms with van der Waals surface area (Å²) in [4.78, 5) is 47.7. The van der Waals surface area contributed by atoms with Crippen LogP contribution in [-0.2, 0) is 50.2 Å². The van der Waals surface area contributed by atoms with E-state index in [1.807, 2.05) is 133 Å². The first-order valence-corrected chi connectivity index (χ1v) is 22.4. The number of nitrogens with zero attached hydrogens (tertiary/aromatic N) is 4. The van der Waals surface area contributed by atoms with Crippen LogP contribution in [0.1, 0.15) is 50.2 Å². The lowest BCUT2D eigenvalue weighted by Crippen LogP contribution is -2.32. The lowest BCUT2D eigenvalue weighted by Gasteiger charge is -2.21. The lowest BCUT2D eigenvalue weighted by molar-refractivity contribution is -0.152. The normalized spacial score (nSPS) is 11.3. The average molecular weight is 929 g/mol. The van der Waals surface area contributed by atoms with E-state index in [9.17, 15) is 14.7 Å². The first kappa shape index (κ1) is 49.0. The maximum Gasteiger partial charge on any atom is 0.314 e. The number of nitrogens with one attached hydrogen (secondary N) is 2. The Morgan fingerprint density at radius 1 is 0.493 bits per heavy atom. The van der Waals surface area contributed by atoms with E-state index in [2.05, 4.69) is 29.9 Å². The number of carbonyl (C=O) groups excluding carboxylic acids is 1. The van der Waals surface area contributed by atoms with Crippen molar-refractivity contribution >= 4 is 11.9 Å². The number of methoxy groups -OCH3 is 1. The highest BCUT2D eigenvalue weighted by molar-refractivity contribution is 5.76. The van der Waals surface area contributed by atoms with E-state index in [1.54, 1.807) is 52.5 Å². The molecule has 3 N–H and O–H groups in total. The molecule has 0 atom stereocenters. The van der Waals surface area contributed by atoms with Gasteiger partial charge in [-0.05, 0) is 112 Å². The summed E-state index contributed by atoms with van der Waals surface area (Å²) in [6.07, 6.45) is 7.14. The molecule has 8 aromatic rings. The number of esters is 1. The van der Waals surface area contributed by atoms with Gasteiger partial charge in [0.2, 0.25) is 0 Å². The molecule has 4 aromatic carbocycles. The highest BCUT2D eigenvalue weighted by Gasteiger charge is 2.30. The van der Waals surface area contributed by atoms with Crippen molar-refractivity contribution in [2.75, 3.05) is 20.3 Å². The second kappa shape index (κ2) is 23.2. The van der Waals surface area contributed by atoms with Gasteiger partial charge in [-0.1, -0.05) is 60.7 Å². The molecule has 0 bridgehead atoms. The highest BCUT2D eigenvalue weighted by Crippen LogP contribution is 2.27. The summed E-state index contributed by atoms with van der Waals surface area (Å²) in [5.74, 6) is 1.59. The number of aromatic nitrogens is 6. The van der Waals surface area contributed by atoms with E-state index >= 15 is 0 Å². The van der Waals surface area contributed by atoms with Crippen molar-refractivity contribution in [2.24, 2.45) is 10.8 Å². The maximum absolute atomic E-state index is 11.8. The van der Waals surface area contributed by atoms with Crippen molar-refractivity contribution in [1.29, 1.82) is 0 Å². The third-order valence-electron chi connectivity index (χ3n) is 10.9. The number of H-pyrrole nitrogens is 2. The van der Waals surface area contributed by atoms with Crippen molar-refractivity contribution in [1.82, 2.24) is 29.9 Å². The Balaban J connectivity index is 0.000000204. The third-order valence-corrected chi connectivity index (χ3v) is 10.9. The Kier molecular flexibility index (Phi) is 16.5. The smallest absolute Gasteiger partial charge is 0.314 e. The van der Waals surface area contributed by atoms with Crippen molar-refractivity contribution < 1.29 is 38.4 Å². The molecule has 0 spiro atoms. The molecule has 0 saturated heterocycles. The number of pyridine rings is 2. The van der Waals surface area contributed by atoms with Gasteiger partial charge >= 0.3 is 11.9 Å². The van der Waals surface area contributed by atoms with E-state index in [1.165, 1.54) is 7.11 Å². The van der Waals surface area contributed by atoms with E-state index in [-0.39, 0.29) is 19.2 Å². The predicted molar refractivity (Wildman–Crippen MR) is 263 cm³/mol. The number of rotatable bonds is 20. The molecule has 0 unspecified atom stereocenters. The largest absolute Gasteiger partial charge is 0.492 e. The number of carboxylic acids is 1. The molecule has 0 radical (unpaired) electrons. The molecule has 0 aliphatic heterocycles. The molecule has 69 heavy (non-hydrogen) atoms. The quantitative estimate of drug-likeness (QED) is 0.0616. The minimum atomic E-state index is -0.949. The zero-order valence-electron chi connectivity index (χ0n) is 39.3. The summed E-state index contributed by atoms with van der Waals surface area (Å²) in [7, 11) is 1.38. The van der Waals surface area contributed by atoms with Crippen LogP contribution < -0.4 is 9.47 Å². The van der Waals surface area contributed by atoms with E-state index in [0.29, 0.717) is 37.9 Å². The number of carbonyl (C=O) groups is 2. The van der Waals surface area contributed by atoms with Crippen molar-refractivity contribution in [3.05, 3.63) is 181 Å². The third kappa shape index (κ3) is 14.0. The number of carboxylic acid groups (broad SMARTS) is 1. The van der Waals surface area contributed by atoms with E-state index in [0.717, 1.165) is 67.8 Å². The van der Waals surface area contributed by atoms with Gasteiger partial charge in [-0.2, -0.15) is 0 Å². The summed E-state index contributed by atoms with van der Waals surface area (Å²) >= 11 is 0. The standard InChI is InChI=1S/C28H29N3O4.C27H27N3O4/c1-28(2,27(32)33-3)19-35-24-12-9-21(10-13-24)25-14-11-22(15-29-25)26-30-16-23(31-26)18-34-17-20-7-5-4-6-8-20;1-27(2,26(31)32)18-34-23-11-8-20(9-12-23)24-13-10-21(14-28-24)25-29-15-22(30-25)17-33-16-19-6-4-3-5-7-19/h4-16H,17-19H2,1-3H3,(H,30,31);3-15H,16-18H2,1-2H3,(H,29,30)(H,31,32). The van der Waals surface area contributed by atoms with Crippen molar-refractivity contribution in [2.45, 2.75) is 54.1 Å². The van der Waals surface area contributed by atoms with Gasteiger partial charge in [0.15, 0.2) is 0 Å². The van der Waals surface area contributed by atoms with E-state index in [4.69, 9.17) is 23.7 Å². The fourth-order valence-corrected chi connectivity index (χ4v) is 6.64. The summed E-state index contributed by atoms with van der Waals surface area (Å²) in [6, 6.07) is 43.0. The number of hydrogen-bond donors (Lipinski definition) is 3. The molecule has 0 fully saturated rings. The Morgan fingerprint density at radius 3 is 1.28 bits per heavy atom. The van der Waals surface area contributed by atoms with Crippen LogP contribution in [0.15, 0.2) is 158 Å². The second-order valence-electron chi connectivity index (χ2n) is 17.5. The SMILES string of the molecule is CC(C)(COc1ccc(-c2ccc(-c3ncc(COCc4ccccc4)[nH]3)cn2)cc1)C(=O)O.COC(=O)C(C)(C)COc1ccc(-c2ccc(-c3ncc(COCc4ccccc4)[nH]3)cn2)cc1. The minimum absolute atomic E-state index is 0.0943. The predicted octanol–water partition coefficient (Wildman–Crippen LogP) is 10.8. The fourth-order valence-electron chi connectivity index (χ4n) is 6.64. The average Bonchev–Trinajstić information content (AvgIpc) is 4.07. The van der Waals surface area contributed by atoms with Crippen LogP contribution in [0.3, 0.4) is 0 Å². The molecular formula is C55H56N6O8. The molecule has 0 saturated carbocycles. The van der Waals surface area contributed by atoms with Gasteiger partial charge < -0.3 is 38.8 Å². The number of imidazole rings is 2. The second-order valence-corrected chi connectivity index (χ2v) is 17.5. The molecule has 14 heteroatoms. The van der Waals surface area contributed by atoms with Gasteiger partial charge in [-0.15, -0.1) is 0 Å². The summed E-state index contributed by atoms with van der Waals surface area (Å²) in [5, 5.41) is 9.20. The molecule has 0 aliphatic carbocycles. The Bertz CT molecular complexity index is 2850. The topological polar surface area (TPSA) is 184 Å². The van der Waals surface area contributed by atoms with Crippen LogP contribution in [0.25, 0.3) is 45.3 Å². The Morgan fingerprint density at radius 2 is 0.899 bits per heavy atom. The number of aromatic amines is 2. The minimum Gasteiger partial charge on any atom is -0.492 e. The van der Waals surface area contributed by atoms with Gasteiger partial charge in [0.1, 0.15) is 36.4 Å². The van der Waals surface area contributed by atoms with Crippen LogP contribution in [0, 0.1) is 10.8 Å². The number of benzene rings is 4. The molecule has 8 rings (SSSR count). The Labute approximate surface area is 401 Å². The van der Waals surface area contributed by atoms with Crippen LogP contribution >= 0.6 is 0 Å². The van der Waals surface area contributed by atoms with Crippen molar-refractivity contribution in [3.8, 4) is 56.8 Å². The van der Waals surface area contributed by atoms with E-state index < -0.39 is 16.8 Å². The molecule has 354 valence electrons. The zero-order chi connectivity index (χ0) is 48.6. The fraction of sp³-hybridized carbons (Fsp3) is 0.236. The number of aliphatic carboxylic acids is 1. The Hall–Kier alpha value is -7.94. The van der Waals surface area contributed by atoms with Crippen LogP contribution in [0.4, 0.5) is 0 Å². The maximum atomic E-state index is 11.8. The molecule has 4 aromatic heterocycles. The molecular weight excluding hydrogens is 873 g/mol. The summed E-state index contributed by atoms with van der Waals surface area (Å²) < 4.78 is 27.8. The number of hydrogen-bond acceptors (Lipinski definition) is 11. The van der Waals surface area contributed by atoms with Gasteiger partial charge in [0, 0.05) is 34.6 Å². The summed E-state index contributed by atoms with van der Waals surface area (Å²) in [6.45, 7) is 9.18. The summed E-state index contributed by atoms with van der Waals surface area (Å²) in [5.41, 5.74) is 7.75. The first-order valence-electron chi connectivity index (χ1n) is 22.4. The van der Waals surface area contributed by atoms with Crippen LogP contribution in [-0.4, -0.2) is 67.3 Å². The van der Waals surface area contributed by atoms with Gasteiger partial charge in [0.05, 0.1) is 79.5 Å². The highest BCUT2D eigenvalue weighted by atomic mass is 16.5. The van der Waals surface area contributed by atoms with Gasteiger partial charge in [0.25, 0.3) is 0 Å². The zero-order valence-corrected chi connectivity index (χ0v) is 39.3. The van der Waals surface area contributed by atoms with Gasteiger partial charge in [-0.3, -0.25) is 19.6 Å². The lowest BCUT2D eigenvalue weighted by atomic mass is 9.95. The monoisotopic (exact) mass is 928 g/mol. The molecule has 0 amide bonds. The molecule has 0 aliphatic rings. The number of ether oxygens (including phenoxy) is 5. The molecule has 4 heterocycles. The molecule has 14 nitrogen and oxygen atoms in total.